The summed E-state index contributed by atoms with van der Waals surface area (Å²) < 4.78 is 29.7. The Labute approximate surface area is 146 Å². The van der Waals surface area contributed by atoms with Gasteiger partial charge in [-0.1, -0.05) is 24.3 Å². The smallest absolute Gasteiger partial charge is 0.387 e. The molecule has 0 amide bonds. The largest absolute Gasteiger partial charge is 0.481 e. The summed E-state index contributed by atoms with van der Waals surface area (Å²) in [5, 5.41) is 9.80. The lowest BCUT2D eigenvalue weighted by atomic mass is 10.1. The number of aromatic nitrogens is 1. The first-order valence-electron chi connectivity index (χ1n) is 7.34. The number of halogens is 2. The number of hydrogen-bond acceptors (Lipinski definition) is 4. The molecule has 1 heterocycles. The van der Waals surface area contributed by atoms with Gasteiger partial charge >= 0.3 is 12.6 Å². The van der Waals surface area contributed by atoms with Crippen molar-refractivity contribution in [1.82, 2.24) is 4.98 Å². The fourth-order valence-corrected chi connectivity index (χ4v) is 3.29. The Morgan fingerprint density at radius 3 is 2.56 bits per heavy atom. The van der Waals surface area contributed by atoms with Gasteiger partial charge in [-0.2, -0.15) is 8.78 Å². The minimum atomic E-state index is -2.88. The Kier molecular flexibility index (Phi) is 5.04. The summed E-state index contributed by atoms with van der Waals surface area (Å²) in [5.41, 5.74) is 2.04. The van der Waals surface area contributed by atoms with Crippen LogP contribution < -0.4 is 4.74 Å². The van der Waals surface area contributed by atoms with Gasteiger partial charge in [-0.25, -0.2) is 4.98 Å². The summed E-state index contributed by atoms with van der Waals surface area (Å²) in [5.74, 6) is -0.921. The van der Waals surface area contributed by atoms with Crippen LogP contribution >= 0.6 is 11.3 Å². The van der Waals surface area contributed by atoms with Crippen molar-refractivity contribution < 1.29 is 23.4 Å². The number of alkyl halides is 2. The number of hydrogen-bond donors (Lipinski definition) is 1. The van der Waals surface area contributed by atoms with Gasteiger partial charge in [-0.15, -0.1) is 11.3 Å². The first-order chi connectivity index (χ1) is 12.0. The molecular weight excluding hydrogens is 348 g/mol. The second-order valence-corrected chi connectivity index (χ2v) is 6.21. The van der Waals surface area contributed by atoms with Gasteiger partial charge in [0.15, 0.2) is 0 Å². The quantitative estimate of drug-likeness (QED) is 0.677. The van der Waals surface area contributed by atoms with Gasteiger partial charge in [0.05, 0.1) is 16.6 Å². The van der Waals surface area contributed by atoms with Crippen LogP contribution in [-0.2, 0) is 4.79 Å². The molecule has 0 saturated heterocycles. The standard InChI is InChI=1S/C18H13F2NO3S/c19-18(20)24-13-7-5-11(6-8-13)9-12(10-16(22)23)17-21-14-3-1-2-4-15(14)25-17/h1-9,18H,10H2,(H,22,23)/b12-9-. The number of benzene rings is 2. The van der Waals surface area contributed by atoms with Gasteiger partial charge in [0.25, 0.3) is 0 Å². The van der Waals surface area contributed by atoms with Gasteiger partial charge in [-0.3, -0.25) is 4.79 Å². The summed E-state index contributed by atoms with van der Waals surface area (Å²) in [6.07, 6.45) is 1.51. The third kappa shape index (κ3) is 4.39. The van der Waals surface area contributed by atoms with Crippen LogP contribution in [0.25, 0.3) is 21.9 Å². The van der Waals surface area contributed by atoms with Crippen molar-refractivity contribution >= 4 is 39.2 Å². The Bertz CT molecular complexity index is 886. The summed E-state index contributed by atoms with van der Waals surface area (Å²) >= 11 is 1.41. The molecule has 0 radical (unpaired) electrons. The number of carboxylic acids is 1. The van der Waals surface area contributed by atoms with Gasteiger partial charge in [-0.05, 0) is 41.5 Å². The highest BCUT2D eigenvalue weighted by Crippen LogP contribution is 2.30. The topological polar surface area (TPSA) is 59.4 Å². The van der Waals surface area contributed by atoms with Crippen LogP contribution in [0.4, 0.5) is 8.78 Å². The van der Waals surface area contributed by atoms with E-state index in [0.29, 0.717) is 16.1 Å². The van der Waals surface area contributed by atoms with Gasteiger partial charge in [0.1, 0.15) is 10.8 Å². The van der Waals surface area contributed by atoms with Crippen molar-refractivity contribution in [3.63, 3.8) is 0 Å². The second kappa shape index (κ2) is 7.40. The van der Waals surface area contributed by atoms with Crippen molar-refractivity contribution in [1.29, 1.82) is 0 Å². The maximum Gasteiger partial charge on any atom is 0.387 e. The average Bonchev–Trinajstić information content (AvgIpc) is 2.99. The van der Waals surface area contributed by atoms with Crippen molar-refractivity contribution in [3.05, 3.63) is 59.1 Å². The highest BCUT2D eigenvalue weighted by molar-refractivity contribution is 7.19. The van der Waals surface area contributed by atoms with Crippen LogP contribution in [0, 0.1) is 0 Å². The van der Waals surface area contributed by atoms with E-state index in [1.807, 2.05) is 24.3 Å². The number of aliphatic carboxylic acids is 1. The Morgan fingerprint density at radius 2 is 1.92 bits per heavy atom. The van der Waals surface area contributed by atoms with Gasteiger partial charge in [0.2, 0.25) is 0 Å². The van der Waals surface area contributed by atoms with Crippen LogP contribution in [0.3, 0.4) is 0 Å². The molecule has 1 N–H and O–H groups in total. The lowest BCUT2D eigenvalue weighted by molar-refractivity contribution is -0.135. The normalized spacial score (nSPS) is 11.9. The maximum absolute atomic E-state index is 12.2. The zero-order valence-corrected chi connectivity index (χ0v) is 13.7. The predicted molar refractivity (Wildman–Crippen MR) is 92.8 cm³/mol. The van der Waals surface area contributed by atoms with Crippen LogP contribution in [0.15, 0.2) is 48.5 Å². The van der Waals surface area contributed by atoms with E-state index in [-0.39, 0.29) is 12.2 Å². The van der Waals surface area contributed by atoms with E-state index < -0.39 is 12.6 Å². The zero-order chi connectivity index (χ0) is 17.8. The second-order valence-electron chi connectivity index (χ2n) is 5.17. The average molecular weight is 361 g/mol. The van der Waals surface area contributed by atoms with Gasteiger partial charge < -0.3 is 9.84 Å². The Hall–Kier alpha value is -2.80. The van der Waals surface area contributed by atoms with Crippen molar-refractivity contribution in [3.8, 4) is 5.75 Å². The number of nitrogens with zero attached hydrogens (tertiary/aromatic N) is 1. The first kappa shape index (κ1) is 17.0. The molecule has 0 fully saturated rings. The zero-order valence-electron chi connectivity index (χ0n) is 12.9. The number of fused-ring (bicyclic) bond motifs is 1. The molecule has 128 valence electrons. The first-order valence-corrected chi connectivity index (χ1v) is 8.16. The number of thiazole rings is 1. The van der Waals surface area contributed by atoms with Crippen LogP contribution in [0.5, 0.6) is 5.75 Å². The van der Waals surface area contributed by atoms with Crippen LogP contribution in [0.2, 0.25) is 0 Å². The molecule has 7 heteroatoms. The van der Waals surface area contributed by atoms with E-state index in [1.54, 1.807) is 18.2 Å². The number of para-hydroxylation sites is 1. The van der Waals surface area contributed by atoms with Crippen molar-refractivity contribution in [2.75, 3.05) is 0 Å². The minimum absolute atomic E-state index is 0.0481. The van der Waals surface area contributed by atoms with Crippen molar-refractivity contribution in [2.24, 2.45) is 0 Å². The van der Waals surface area contributed by atoms with E-state index in [9.17, 15) is 18.7 Å². The third-order valence-corrected chi connectivity index (χ3v) is 4.47. The number of rotatable bonds is 6. The number of carbonyl (C=O) groups is 1. The molecule has 0 spiro atoms. The molecule has 0 bridgehead atoms. The van der Waals surface area contributed by atoms with E-state index >= 15 is 0 Å². The molecule has 3 rings (SSSR count). The molecule has 0 aliphatic heterocycles. The van der Waals surface area contributed by atoms with E-state index in [4.69, 9.17) is 0 Å². The number of ether oxygens (including phenoxy) is 1. The van der Waals surface area contributed by atoms with Crippen molar-refractivity contribution in [2.45, 2.75) is 13.0 Å². The summed E-state index contributed by atoms with van der Waals surface area (Å²) in [7, 11) is 0. The molecule has 4 nitrogen and oxygen atoms in total. The third-order valence-electron chi connectivity index (χ3n) is 3.36. The molecule has 0 saturated carbocycles. The van der Waals surface area contributed by atoms with E-state index in [1.165, 1.54) is 23.5 Å². The molecule has 3 aromatic rings. The Balaban J connectivity index is 1.94. The molecule has 0 atom stereocenters. The highest BCUT2D eigenvalue weighted by Gasteiger charge is 2.13. The monoisotopic (exact) mass is 361 g/mol. The molecule has 2 aromatic carbocycles. The fourth-order valence-electron chi connectivity index (χ4n) is 2.31. The molecule has 0 unspecified atom stereocenters. The summed E-state index contributed by atoms with van der Waals surface area (Å²) in [6.45, 7) is -2.88. The summed E-state index contributed by atoms with van der Waals surface area (Å²) in [6, 6.07) is 13.6. The van der Waals surface area contributed by atoms with Gasteiger partial charge in [0, 0.05) is 0 Å². The molecule has 25 heavy (non-hydrogen) atoms. The SMILES string of the molecule is O=C(O)C/C(=C/c1ccc(OC(F)F)cc1)c1nc2ccccc2s1. The fraction of sp³-hybridized carbons (Fsp3) is 0.111. The molecule has 0 aliphatic carbocycles. The Morgan fingerprint density at radius 1 is 1.20 bits per heavy atom. The number of carboxylic acid groups (broad SMARTS) is 1. The van der Waals surface area contributed by atoms with Crippen LogP contribution in [-0.4, -0.2) is 22.7 Å². The molecular formula is C18H13F2NO3S. The highest BCUT2D eigenvalue weighted by atomic mass is 32.1. The molecule has 0 aliphatic rings. The minimum Gasteiger partial charge on any atom is -0.481 e. The molecule has 1 aromatic heterocycles. The lowest BCUT2D eigenvalue weighted by Gasteiger charge is -2.05. The van der Waals surface area contributed by atoms with E-state index in [0.717, 1.165) is 10.2 Å². The lowest BCUT2D eigenvalue weighted by Crippen LogP contribution is -2.01. The predicted octanol–water partition coefficient (Wildman–Crippen LogP) is 4.91. The van der Waals surface area contributed by atoms with Crippen LogP contribution in [0.1, 0.15) is 17.0 Å². The van der Waals surface area contributed by atoms with E-state index in [2.05, 4.69) is 9.72 Å². The maximum atomic E-state index is 12.2. The summed E-state index contributed by atoms with van der Waals surface area (Å²) in [4.78, 5) is 15.7.